The van der Waals surface area contributed by atoms with Crippen molar-refractivity contribution in [2.75, 3.05) is 19.6 Å². The van der Waals surface area contributed by atoms with Crippen molar-refractivity contribution in [3.63, 3.8) is 0 Å². The van der Waals surface area contributed by atoms with Crippen LogP contribution in [0.1, 0.15) is 38.1 Å². The number of thiophene rings is 1. The summed E-state index contributed by atoms with van der Waals surface area (Å²) in [6.07, 6.45) is 1.25. The average molecular weight is 287 g/mol. The van der Waals surface area contributed by atoms with E-state index in [1.165, 1.54) is 24.4 Å². The zero-order chi connectivity index (χ0) is 13.1. The third kappa shape index (κ3) is 3.27. The molecule has 2 rings (SSSR count). The Bertz CT molecular complexity index is 380. The Morgan fingerprint density at radius 1 is 1.56 bits per heavy atom. The summed E-state index contributed by atoms with van der Waals surface area (Å²) in [7, 11) is 0. The first-order chi connectivity index (χ1) is 8.61. The molecule has 0 saturated carbocycles. The second kappa shape index (κ2) is 6.38. The normalized spacial score (nSPS) is 27.3. The van der Waals surface area contributed by atoms with Gasteiger partial charge < -0.3 is 5.32 Å². The number of nitrogens with zero attached hydrogens (tertiary/aromatic N) is 1. The van der Waals surface area contributed by atoms with E-state index in [4.69, 9.17) is 11.6 Å². The maximum absolute atomic E-state index is 6.03. The van der Waals surface area contributed by atoms with E-state index < -0.39 is 0 Å². The van der Waals surface area contributed by atoms with Gasteiger partial charge in [-0.15, -0.1) is 11.3 Å². The van der Waals surface area contributed by atoms with Crippen molar-refractivity contribution in [2.24, 2.45) is 5.92 Å². The number of halogens is 1. The van der Waals surface area contributed by atoms with E-state index in [2.05, 4.69) is 37.1 Å². The Labute approximate surface area is 119 Å². The molecular weight excluding hydrogens is 264 g/mol. The molecule has 1 aromatic rings. The zero-order valence-corrected chi connectivity index (χ0v) is 13.0. The van der Waals surface area contributed by atoms with Gasteiger partial charge in [0.2, 0.25) is 0 Å². The summed E-state index contributed by atoms with van der Waals surface area (Å²) in [5.41, 5.74) is 0. The van der Waals surface area contributed by atoms with E-state index in [1.807, 2.05) is 6.07 Å². The fourth-order valence-corrected chi connectivity index (χ4v) is 3.98. The van der Waals surface area contributed by atoms with Crippen molar-refractivity contribution in [2.45, 2.75) is 39.3 Å². The summed E-state index contributed by atoms with van der Waals surface area (Å²) < 4.78 is 0.896. The molecule has 0 aliphatic carbocycles. The Morgan fingerprint density at radius 3 is 2.89 bits per heavy atom. The quantitative estimate of drug-likeness (QED) is 0.906. The summed E-state index contributed by atoms with van der Waals surface area (Å²) in [6, 6.07) is 5.35. The van der Waals surface area contributed by atoms with Crippen molar-refractivity contribution >= 4 is 22.9 Å². The molecule has 3 unspecified atom stereocenters. The molecule has 0 amide bonds. The number of piperidine rings is 1. The monoisotopic (exact) mass is 286 g/mol. The van der Waals surface area contributed by atoms with Crippen LogP contribution >= 0.6 is 22.9 Å². The topological polar surface area (TPSA) is 15.3 Å². The van der Waals surface area contributed by atoms with E-state index in [9.17, 15) is 0 Å². The van der Waals surface area contributed by atoms with Gasteiger partial charge in [-0.3, -0.25) is 4.90 Å². The lowest BCUT2D eigenvalue weighted by Crippen LogP contribution is -2.48. The molecule has 1 N–H and O–H groups in total. The van der Waals surface area contributed by atoms with Crippen LogP contribution < -0.4 is 5.32 Å². The maximum atomic E-state index is 6.03. The summed E-state index contributed by atoms with van der Waals surface area (Å²) in [5, 5.41) is 3.59. The van der Waals surface area contributed by atoms with Gasteiger partial charge in [0.05, 0.1) is 4.34 Å². The molecule has 0 aromatic carbocycles. The van der Waals surface area contributed by atoms with E-state index in [0.717, 1.165) is 16.8 Å². The van der Waals surface area contributed by atoms with Crippen molar-refractivity contribution in [3.05, 3.63) is 21.3 Å². The molecule has 102 valence electrons. The molecule has 0 radical (unpaired) electrons. The predicted molar refractivity (Wildman–Crippen MR) is 80.6 cm³/mol. The predicted octanol–water partition coefficient (Wildman–Crippen LogP) is 3.78. The number of hydrogen-bond donors (Lipinski definition) is 1. The van der Waals surface area contributed by atoms with Crippen LogP contribution in [0.3, 0.4) is 0 Å². The fourth-order valence-electron chi connectivity index (χ4n) is 2.83. The van der Waals surface area contributed by atoms with Crippen molar-refractivity contribution in [1.82, 2.24) is 10.2 Å². The molecule has 0 bridgehead atoms. The molecule has 1 fully saturated rings. The molecule has 18 heavy (non-hydrogen) atoms. The highest BCUT2D eigenvalue weighted by Crippen LogP contribution is 2.32. The lowest BCUT2D eigenvalue weighted by molar-refractivity contribution is 0.113. The first-order valence-corrected chi connectivity index (χ1v) is 8.04. The lowest BCUT2D eigenvalue weighted by Gasteiger charge is -2.40. The van der Waals surface area contributed by atoms with Gasteiger partial charge in [0.1, 0.15) is 0 Å². The molecule has 1 aromatic heterocycles. The van der Waals surface area contributed by atoms with Crippen LogP contribution in [0.5, 0.6) is 0 Å². The maximum Gasteiger partial charge on any atom is 0.0931 e. The summed E-state index contributed by atoms with van der Waals surface area (Å²) in [6.45, 7) is 10.3. The van der Waals surface area contributed by atoms with Gasteiger partial charge in [-0.05, 0) is 37.9 Å². The van der Waals surface area contributed by atoms with Crippen LogP contribution in [-0.2, 0) is 0 Å². The molecule has 4 heteroatoms. The summed E-state index contributed by atoms with van der Waals surface area (Å²) in [4.78, 5) is 3.97. The van der Waals surface area contributed by atoms with Gasteiger partial charge in [-0.25, -0.2) is 0 Å². The van der Waals surface area contributed by atoms with Crippen LogP contribution in [0.15, 0.2) is 12.1 Å². The Morgan fingerprint density at radius 2 is 2.33 bits per heavy atom. The Kier molecular flexibility index (Phi) is 5.07. The van der Waals surface area contributed by atoms with Crippen molar-refractivity contribution in [1.29, 1.82) is 0 Å². The molecule has 2 nitrogen and oxygen atoms in total. The molecule has 1 saturated heterocycles. The first-order valence-electron chi connectivity index (χ1n) is 6.84. The number of hydrogen-bond acceptors (Lipinski definition) is 3. The molecule has 2 heterocycles. The summed E-state index contributed by atoms with van der Waals surface area (Å²) in [5.74, 6) is 0.719. The van der Waals surface area contributed by atoms with Crippen molar-refractivity contribution in [3.8, 4) is 0 Å². The standard InChI is InChI=1S/C14H23ClN2S/c1-4-16-12-7-8-17(9-10(12)2)11(3)13-5-6-14(15)18-13/h5-6,10-12,16H,4,7-9H2,1-3H3. The molecular formula is C14H23ClN2S. The van der Waals surface area contributed by atoms with Gasteiger partial charge in [0, 0.05) is 30.1 Å². The molecule has 1 aliphatic rings. The van der Waals surface area contributed by atoms with Crippen molar-refractivity contribution < 1.29 is 0 Å². The zero-order valence-electron chi connectivity index (χ0n) is 11.4. The van der Waals surface area contributed by atoms with Crippen LogP contribution in [0, 0.1) is 5.92 Å². The largest absolute Gasteiger partial charge is 0.314 e. The smallest absolute Gasteiger partial charge is 0.0931 e. The van der Waals surface area contributed by atoms with E-state index in [0.29, 0.717) is 12.1 Å². The number of likely N-dealkylation sites (tertiary alicyclic amines) is 1. The molecule has 3 atom stereocenters. The molecule has 0 spiro atoms. The number of nitrogens with one attached hydrogen (secondary N) is 1. The highest BCUT2D eigenvalue weighted by atomic mass is 35.5. The lowest BCUT2D eigenvalue weighted by atomic mass is 9.92. The second-order valence-corrected chi connectivity index (χ2v) is 6.99. The van der Waals surface area contributed by atoms with Crippen LogP contribution in [-0.4, -0.2) is 30.6 Å². The fraction of sp³-hybridized carbons (Fsp3) is 0.714. The van der Waals surface area contributed by atoms with Gasteiger partial charge in [0.15, 0.2) is 0 Å². The Balaban J connectivity index is 1.95. The van der Waals surface area contributed by atoms with Gasteiger partial charge in [-0.2, -0.15) is 0 Å². The minimum Gasteiger partial charge on any atom is -0.314 e. The minimum absolute atomic E-state index is 0.493. The van der Waals surface area contributed by atoms with Crippen LogP contribution in [0.4, 0.5) is 0 Å². The van der Waals surface area contributed by atoms with E-state index in [-0.39, 0.29) is 0 Å². The first kappa shape index (κ1) is 14.3. The highest BCUT2D eigenvalue weighted by Gasteiger charge is 2.28. The minimum atomic E-state index is 0.493. The average Bonchev–Trinajstić information content (AvgIpc) is 2.78. The second-order valence-electron chi connectivity index (χ2n) is 5.24. The third-order valence-corrected chi connectivity index (χ3v) is 5.36. The van der Waals surface area contributed by atoms with Gasteiger partial charge in [-0.1, -0.05) is 25.4 Å². The SMILES string of the molecule is CCNC1CCN(C(C)c2ccc(Cl)s2)CC1C. The van der Waals surface area contributed by atoms with Crippen LogP contribution in [0.25, 0.3) is 0 Å². The van der Waals surface area contributed by atoms with Gasteiger partial charge >= 0.3 is 0 Å². The highest BCUT2D eigenvalue weighted by molar-refractivity contribution is 7.16. The van der Waals surface area contributed by atoms with E-state index >= 15 is 0 Å². The summed E-state index contributed by atoms with van der Waals surface area (Å²) >= 11 is 7.74. The Hall–Kier alpha value is -0.0900. The van der Waals surface area contributed by atoms with Crippen LogP contribution in [0.2, 0.25) is 4.34 Å². The number of rotatable bonds is 4. The van der Waals surface area contributed by atoms with E-state index in [1.54, 1.807) is 11.3 Å². The third-order valence-electron chi connectivity index (χ3n) is 3.96. The van der Waals surface area contributed by atoms with Gasteiger partial charge in [0.25, 0.3) is 0 Å². The molecule has 1 aliphatic heterocycles.